The van der Waals surface area contributed by atoms with Gasteiger partial charge in [0, 0.05) is 23.9 Å². The molecule has 0 spiro atoms. The van der Waals surface area contributed by atoms with Crippen molar-refractivity contribution in [1.29, 1.82) is 0 Å². The van der Waals surface area contributed by atoms with E-state index in [1.165, 1.54) is 16.2 Å². The molecule has 1 rings (SSSR count). The Bertz CT molecular complexity index is 355. The molecule has 1 aromatic rings. The number of amides is 1. The van der Waals surface area contributed by atoms with E-state index in [4.69, 9.17) is 0 Å². The van der Waals surface area contributed by atoms with Gasteiger partial charge in [-0.25, -0.2) is 0 Å². The first-order valence-electron chi connectivity index (χ1n) is 4.55. The van der Waals surface area contributed by atoms with Crippen molar-refractivity contribution in [1.82, 2.24) is 4.90 Å². The lowest BCUT2D eigenvalue weighted by molar-refractivity contribution is 0.0370. The molecule has 1 aromatic heterocycles. The van der Waals surface area contributed by atoms with E-state index in [2.05, 4.69) is 12.6 Å². The van der Waals surface area contributed by atoms with Crippen LogP contribution in [0.3, 0.4) is 0 Å². The minimum atomic E-state index is -0.870. The highest BCUT2D eigenvalue weighted by molar-refractivity contribution is 7.80. The lowest BCUT2D eigenvalue weighted by atomic mass is 10.1. The molecule has 5 heteroatoms. The first-order chi connectivity index (χ1) is 6.79. The third-order valence-electron chi connectivity index (χ3n) is 1.77. The summed E-state index contributed by atoms with van der Waals surface area (Å²) in [7, 11) is 1.68. The van der Waals surface area contributed by atoms with E-state index in [-0.39, 0.29) is 5.91 Å². The van der Waals surface area contributed by atoms with Crippen molar-refractivity contribution in [3.05, 3.63) is 16.3 Å². The number of hydrogen-bond acceptors (Lipinski definition) is 4. The van der Waals surface area contributed by atoms with E-state index >= 15 is 0 Å². The molecule has 1 amide bonds. The van der Waals surface area contributed by atoms with Gasteiger partial charge in [-0.3, -0.25) is 4.79 Å². The largest absolute Gasteiger partial charge is 0.389 e. The fraction of sp³-hybridized carbons (Fsp3) is 0.500. The molecule has 0 saturated carbocycles. The van der Waals surface area contributed by atoms with Gasteiger partial charge in [-0.15, -0.1) is 24.0 Å². The Morgan fingerprint density at radius 3 is 2.67 bits per heavy atom. The summed E-state index contributed by atoms with van der Waals surface area (Å²) in [5, 5.41) is 11.4. The van der Waals surface area contributed by atoms with Crippen LogP contribution in [0.1, 0.15) is 23.5 Å². The van der Waals surface area contributed by atoms with Gasteiger partial charge in [-0.05, 0) is 19.9 Å². The summed E-state index contributed by atoms with van der Waals surface area (Å²) in [5.41, 5.74) is -0.870. The molecule has 1 N–H and O–H groups in total. The van der Waals surface area contributed by atoms with Gasteiger partial charge in [0.05, 0.1) is 10.5 Å². The van der Waals surface area contributed by atoms with Gasteiger partial charge in [-0.2, -0.15) is 0 Å². The van der Waals surface area contributed by atoms with Gasteiger partial charge in [0.25, 0.3) is 5.91 Å². The second-order valence-electron chi connectivity index (χ2n) is 4.14. The van der Waals surface area contributed by atoms with Gasteiger partial charge < -0.3 is 10.0 Å². The Kier molecular flexibility index (Phi) is 3.81. The Morgan fingerprint density at radius 1 is 1.67 bits per heavy atom. The van der Waals surface area contributed by atoms with Crippen molar-refractivity contribution in [3.8, 4) is 0 Å². The molecule has 0 atom stereocenters. The molecule has 1 heterocycles. The molecule has 0 aliphatic carbocycles. The SMILES string of the molecule is CN(CC(C)(C)O)C(=O)c1cc(S)cs1. The number of carbonyl (C=O) groups is 1. The molecule has 0 aromatic carbocycles. The second-order valence-corrected chi connectivity index (χ2v) is 5.57. The number of carbonyl (C=O) groups excluding carboxylic acids is 1. The topological polar surface area (TPSA) is 40.5 Å². The standard InChI is InChI=1S/C10H15NO2S2/c1-10(2,13)6-11(3)9(12)8-4-7(14)5-15-8/h4-5,13-14H,6H2,1-3H3. The second kappa shape index (κ2) is 4.55. The Balaban J connectivity index is 2.69. The maximum absolute atomic E-state index is 11.8. The monoisotopic (exact) mass is 245 g/mol. The Hall–Kier alpha value is -0.520. The van der Waals surface area contributed by atoms with Crippen molar-refractivity contribution in [2.75, 3.05) is 13.6 Å². The van der Waals surface area contributed by atoms with Crippen LogP contribution in [-0.2, 0) is 0 Å². The maximum atomic E-state index is 11.8. The van der Waals surface area contributed by atoms with E-state index in [0.717, 1.165) is 4.90 Å². The summed E-state index contributed by atoms with van der Waals surface area (Å²) in [6, 6.07) is 1.73. The van der Waals surface area contributed by atoms with Crippen molar-refractivity contribution in [2.24, 2.45) is 0 Å². The van der Waals surface area contributed by atoms with Gasteiger partial charge >= 0.3 is 0 Å². The van der Waals surface area contributed by atoms with Crippen molar-refractivity contribution >= 4 is 29.9 Å². The summed E-state index contributed by atoms with van der Waals surface area (Å²) in [6.45, 7) is 3.66. The number of aliphatic hydroxyl groups is 1. The van der Waals surface area contributed by atoms with Gasteiger partial charge in [0.15, 0.2) is 0 Å². The van der Waals surface area contributed by atoms with Crippen LogP contribution in [0.2, 0.25) is 0 Å². The van der Waals surface area contributed by atoms with Crippen LogP contribution in [0, 0.1) is 0 Å². The number of likely N-dealkylation sites (N-methyl/N-ethyl adjacent to an activating group) is 1. The zero-order valence-corrected chi connectivity index (χ0v) is 10.7. The zero-order chi connectivity index (χ0) is 11.6. The molecule has 0 saturated heterocycles. The van der Waals surface area contributed by atoms with E-state index in [1.54, 1.807) is 27.0 Å². The Morgan fingerprint density at radius 2 is 2.27 bits per heavy atom. The van der Waals surface area contributed by atoms with Gasteiger partial charge in [-0.1, -0.05) is 0 Å². The van der Waals surface area contributed by atoms with Crippen LogP contribution in [0.15, 0.2) is 16.3 Å². The van der Waals surface area contributed by atoms with E-state index in [1.807, 2.05) is 5.38 Å². The molecule has 15 heavy (non-hydrogen) atoms. The lowest BCUT2D eigenvalue weighted by Crippen LogP contribution is -2.39. The van der Waals surface area contributed by atoms with Crippen molar-refractivity contribution < 1.29 is 9.90 Å². The summed E-state index contributed by atoms with van der Waals surface area (Å²) in [5.74, 6) is -0.0811. The molecule has 84 valence electrons. The molecule has 0 aliphatic heterocycles. The van der Waals surface area contributed by atoms with Crippen molar-refractivity contribution in [3.63, 3.8) is 0 Å². The number of thiol groups is 1. The maximum Gasteiger partial charge on any atom is 0.263 e. The number of nitrogens with zero attached hydrogens (tertiary/aromatic N) is 1. The fourth-order valence-corrected chi connectivity index (χ4v) is 2.42. The van der Waals surface area contributed by atoms with Crippen LogP contribution < -0.4 is 0 Å². The highest BCUT2D eigenvalue weighted by Crippen LogP contribution is 2.19. The van der Waals surface area contributed by atoms with Crippen LogP contribution in [-0.4, -0.2) is 35.1 Å². The third kappa shape index (κ3) is 3.85. The van der Waals surface area contributed by atoms with E-state index in [0.29, 0.717) is 11.4 Å². The van der Waals surface area contributed by atoms with E-state index < -0.39 is 5.60 Å². The highest BCUT2D eigenvalue weighted by atomic mass is 32.1. The summed E-state index contributed by atoms with van der Waals surface area (Å²) in [6.07, 6.45) is 0. The minimum Gasteiger partial charge on any atom is -0.389 e. The predicted molar refractivity (Wildman–Crippen MR) is 64.8 cm³/mol. The highest BCUT2D eigenvalue weighted by Gasteiger charge is 2.21. The lowest BCUT2D eigenvalue weighted by Gasteiger charge is -2.25. The molecule has 0 bridgehead atoms. The summed E-state index contributed by atoms with van der Waals surface area (Å²) in [4.78, 5) is 14.8. The van der Waals surface area contributed by atoms with E-state index in [9.17, 15) is 9.90 Å². The smallest absolute Gasteiger partial charge is 0.263 e. The van der Waals surface area contributed by atoms with Crippen LogP contribution >= 0.6 is 24.0 Å². The quantitative estimate of drug-likeness (QED) is 0.798. The molecular formula is C10H15NO2S2. The first kappa shape index (κ1) is 12.5. The zero-order valence-electron chi connectivity index (χ0n) is 9.02. The average molecular weight is 245 g/mol. The summed E-state index contributed by atoms with van der Waals surface area (Å²) >= 11 is 5.51. The first-order valence-corrected chi connectivity index (χ1v) is 5.87. The molecule has 0 unspecified atom stereocenters. The van der Waals surface area contributed by atoms with Gasteiger partial charge in [0.1, 0.15) is 0 Å². The van der Waals surface area contributed by atoms with Crippen molar-refractivity contribution in [2.45, 2.75) is 24.3 Å². The minimum absolute atomic E-state index is 0.0811. The number of rotatable bonds is 3. The average Bonchev–Trinajstić information content (AvgIpc) is 2.47. The molecule has 0 radical (unpaired) electrons. The van der Waals surface area contributed by atoms with Crippen LogP contribution in [0.4, 0.5) is 0 Å². The molecule has 0 fully saturated rings. The molecule has 0 aliphatic rings. The number of hydrogen-bond donors (Lipinski definition) is 2. The van der Waals surface area contributed by atoms with Crippen LogP contribution in [0.5, 0.6) is 0 Å². The third-order valence-corrected chi connectivity index (χ3v) is 3.12. The molecule has 3 nitrogen and oxygen atoms in total. The van der Waals surface area contributed by atoms with Gasteiger partial charge in [0.2, 0.25) is 0 Å². The fourth-order valence-electron chi connectivity index (χ4n) is 1.28. The normalized spacial score (nSPS) is 11.5. The Labute approximate surface area is 99.1 Å². The summed E-state index contributed by atoms with van der Waals surface area (Å²) < 4.78 is 0. The molecular weight excluding hydrogens is 230 g/mol. The predicted octanol–water partition coefficient (Wildman–Crippen LogP) is 1.88. The van der Waals surface area contributed by atoms with Crippen LogP contribution in [0.25, 0.3) is 0 Å². The number of thiophene rings is 1.